The van der Waals surface area contributed by atoms with Crippen LogP contribution in [0.5, 0.6) is 5.75 Å². The van der Waals surface area contributed by atoms with Crippen LogP contribution in [-0.4, -0.2) is 47.6 Å². The maximum absolute atomic E-state index is 12.8. The molecule has 8 nitrogen and oxygen atoms in total. The summed E-state index contributed by atoms with van der Waals surface area (Å²) in [6.45, 7) is 2.74. The van der Waals surface area contributed by atoms with Gasteiger partial charge in [0.05, 0.1) is 18.2 Å². The van der Waals surface area contributed by atoms with Crippen LogP contribution in [0.4, 0.5) is 0 Å². The number of amides is 1. The highest BCUT2D eigenvalue weighted by atomic mass is 16.5. The zero-order valence-corrected chi connectivity index (χ0v) is 17.4. The van der Waals surface area contributed by atoms with Crippen molar-refractivity contribution in [1.29, 1.82) is 0 Å². The molecule has 0 saturated carbocycles. The van der Waals surface area contributed by atoms with Crippen molar-refractivity contribution in [2.24, 2.45) is 0 Å². The fourth-order valence-electron chi connectivity index (χ4n) is 3.98. The number of likely N-dealkylation sites (tertiary alicyclic amines) is 1. The minimum atomic E-state index is -0.598. The Balaban J connectivity index is 1.46. The standard InChI is InChI=1S/C23H24N2O6/c1-15(30-18-6-4-3-5-7-18)21(26)24-12-10-17(11-13-24)25-19-14-16(22(27)29-2)8-9-20(19)31-23(25)28/h3-9,14-15,17H,10-13H2,1-2H3. The topological polar surface area (TPSA) is 91.0 Å². The van der Waals surface area contributed by atoms with E-state index in [4.69, 9.17) is 13.9 Å². The summed E-state index contributed by atoms with van der Waals surface area (Å²) in [6.07, 6.45) is 0.598. The Labute approximate surface area is 179 Å². The highest BCUT2D eigenvalue weighted by molar-refractivity contribution is 5.93. The fraction of sp³-hybridized carbons (Fsp3) is 0.348. The Bertz CT molecular complexity index is 1140. The number of fused-ring (bicyclic) bond motifs is 1. The number of hydrogen-bond acceptors (Lipinski definition) is 6. The number of rotatable bonds is 5. The minimum absolute atomic E-state index is 0.0836. The molecular formula is C23H24N2O6. The molecule has 1 fully saturated rings. The number of carbonyl (C=O) groups is 2. The van der Waals surface area contributed by atoms with Gasteiger partial charge in [-0.2, -0.15) is 0 Å². The Kier molecular flexibility index (Phi) is 5.79. The van der Waals surface area contributed by atoms with E-state index in [-0.39, 0.29) is 11.9 Å². The number of nitrogens with zero attached hydrogens (tertiary/aromatic N) is 2. The number of piperidine rings is 1. The smallest absolute Gasteiger partial charge is 0.420 e. The number of ether oxygens (including phenoxy) is 2. The van der Waals surface area contributed by atoms with Gasteiger partial charge in [0.1, 0.15) is 5.75 Å². The zero-order valence-electron chi connectivity index (χ0n) is 17.4. The summed E-state index contributed by atoms with van der Waals surface area (Å²) in [5.74, 6) is -0.381. The van der Waals surface area contributed by atoms with Gasteiger partial charge in [-0.1, -0.05) is 18.2 Å². The zero-order chi connectivity index (χ0) is 22.0. The Hall–Kier alpha value is -3.55. The molecule has 0 N–H and O–H groups in total. The summed E-state index contributed by atoms with van der Waals surface area (Å²) in [5, 5.41) is 0. The van der Waals surface area contributed by atoms with Gasteiger partial charge >= 0.3 is 11.7 Å². The third kappa shape index (κ3) is 4.19. The van der Waals surface area contributed by atoms with E-state index in [1.807, 2.05) is 30.3 Å². The molecule has 1 aromatic heterocycles. The van der Waals surface area contributed by atoms with Gasteiger partial charge in [-0.25, -0.2) is 9.59 Å². The monoisotopic (exact) mass is 424 g/mol. The molecular weight excluding hydrogens is 400 g/mol. The predicted molar refractivity (Wildman–Crippen MR) is 113 cm³/mol. The molecule has 8 heteroatoms. The molecule has 2 aromatic carbocycles. The molecule has 1 amide bonds. The fourth-order valence-corrected chi connectivity index (χ4v) is 3.98. The first kappa shape index (κ1) is 20.7. The van der Waals surface area contributed by atoms with Crippen molar-refractivity contribution in [2.75, 3.05) is 20.2 Å². The van der Waals surface area contributed by atoms with Gasteiger partial charge in [0.2, 0.25) is 0 Å². The van der Waals surface area contributed by atoms with E-state index in [0.717, 1.165) is 0 Å². The number of para-hydroxylation sites is 1. The Morgan fingerprint density at radius 1 is 1.10 bits per heavy atom. The molecule has 0 radical (unpaired) electrons. The largest absolute Gasteiger partial charge is 0.481 e. The van der Waals surface area contributed by atoms with Crippen molar-refractivity contribution < 1.29 is 23.5 Å². The van der Waals surface area contributed by atoms with Crippen LogP contribution in [0.25, 0.3) is 11.1 Å². The molecule has 0 bridgehead atoms. The molecule has 1 aliphatic heterocycles. The molecule has 162 valence electrons. The predicted octanol–water partition coefficient (Wildman–Crippen LogP) is 3.01. The number of methoxy groups -OCH3 is 1. The van der Waals surface area contributed by atoms with Crippen LogP contribution in [0.3, 0.4) is 0 Å². The summed E-state index contributed by atoms with van der Waals surface area (Å²) < 4.78 is 17.4. The molecule has 4 rings (SSSR count). The van der Waals surface area contributed by atoms with E-state index in [1.165, 1.54) is 7.11 Å². The van der Waals surface area contributed by atoms with E-state index in [9.17, 15) is 14.4 Å². The molecule has 1 unspecified atom stereocenters. The number of esters is 1. The maximum atomic E-state index is 12.8. The van der Waals surface area contributed by atoms with Crippen molar-refractivity contribution in [2.45, 2.75) is 31.9 Å². The van der Waals surface area contributed by atoms with E-state index in [2.05, 4.69) is 0 Å². The molecule has 1 aliphatic rings. The lowest BCUT2D eigenvalue weighted by Gasteiger charge is -2.33. The number of carbonyl (C=O) groups excluding carboxylic acids is 2. The number of aromatic nitrogens is 1. The van der Waals surface area contributed by atoms with Crippen molar-refractivity contribution in [1.82, 2.24) is 9.47 Å². The third-order valence-corrected chi connectivity index (χ3v) is 5.58. The molecule has 31 heavy (non-hydrogen) atoms. The first-order valence-corrected chi connectivity index (χ1v) is 10.2. The first-order chi connectivity index (χ1) is 15.0. The second-order valence-corrected chi connectivity index (χ2v) is 7.54. The van der Waals surface area contributed by atoms with Gasteiger partial charge in [0.15, 0.2) is 11.7 Å². The average molecular weight is 424 g/mol. The number of benzene rings is 2. The van der Waals surface area contributed by atoms with Gasteiger partial charge in [0.25, 0.3) is 5.91 Å². The minimum Gasteiger partial charge on any atom is -0.481 e. The quantitative estimate of drug-likeness (QED) is 0.585. The van der Waals surface area contributed by atoms with Crippen LogP contribution in [0.15, 0.2) is 57.7 Å². The van der Waals surface area contributed by atoms with E-state index in [0.29, 0.717) is 48.3 Å². The second kappa shape index (κ2) is 8.67. The van der Waals surface area contributed by atoms with Crippen molar-refractivity contribution in [3.05, 3.63) is 64.6 Å². The van der Waals surface area contributed by atoms with Crippen LogP contribution in [-0.2, 0) is 9.53 Å². The van der Waals surface area contributed by atoms with Crippen molar-refractivity contribution in [3.8, 4) is 5.75 Å². The van der Waals surface area contributed by atoms with Crippen molar-refractivity contribution in [3.63, 3.8) is 0 Å². The normalized spacial score (nSPS) is 15.6. The summed E-state index contributed by atoms with van der Waals surface area (Å²) in [7, 11) is 1.31. The summed E-state index contributed by atoms with van der Waals surface area (Å²) in [4.78, 5) is 38.9. The van der Waals surface area contributed by atoms with Gasteiger partial charge in [-0.15, -0.1) is 0 Å². The number of hydrogen-bond donors (Lipinski definition) is 0. The second-order valence-electron chi connectivity index (χ2n) is 7.54. The van der Waals surface area contributed by atoms with Crippen LogP contribution in [0.1, 0.15) is 36.2 Å². The molecule has 0 spiro atoms. The lowest BCUT2D eigenvalue weighted by atomic mass is 10.0. The number of oxazole rings is 1. The molecule has 0 aliphatic carbocycles. The van der Waals surface area contributed by atoms with Gasteiger partial charge in [-0.3, -0.25) is 9.36 Å². The van der Waals surface area contributed by atoms with E-state index < -0.39 is 17.8 Å². The maximum Gasteiger partial charge on any atom is 0.420 e. The highest BCUT2D eigenvalue weighted by Gasteiger charge is 2.29. The lowest BCUT2D eigenvalue weighted by Crippen LogP contribution is -2.45. The molecule has 1 atom stereocenters. The van der Waals surface area contributed by atoms with Crippen LogP contribution < -0.4 is 10.5 Å². The Morgan fingerprint density at radius 2 is 1.81 bits per heavy atom. The van der Waals surface area contributed by atoms with Crippen LogP contribution in [0, 0.1) is 0 Å². The molecule has 2 heterocycles. The lowest BCUT2D eigenvalue weighted by molar-refractivity contribution is -0.139. The van der Waals surface area contributed by atoms with E-state index >= 15 is 0 Å². The van der Waals surface area contributed by atoms with Gasteiger partial charge in [-0.05, 0) is 50.1 Å². The summed E-state index contributed by atoms with van der Waals surface area (Å²) in [5.41, 5.74) is 1.32. The summed E-state index contributed by atoms with van der Waals surface area (Å²) >= 11 is 0. The van der Waals surface area contributed by atoms with Gasteiger partial charge < -0.3 is 18.8 Å². The molecule has 3 aromatic rings. The van der Waals surface area contributed by atoms with Gasteiger partial charge in [0, 0.05) is 19.1 Å². The van der Waals surface area contributed by atoms with Crippen LogP contribution >= 0.6 is 0 Å². The first-order valence-electron chi connectivity index (χ1n) is 10.2. The third-order valence-electron chi connectivity index (χ3n) is 5.58. The van der Waals surface area contributed by atoms with Crippen LogP contribution in [0.2, 0.25) is 0 Å². The average Bonchev–Trinajstić information content (AvgIpc) is 3.13. The Morgan fingerprint density at radius 3 is 2.48 bits per heavy atom. The summed E-state index contributed by atoms with van der Waals surface area (Å²) in [6, 6.07) is 13.9. The van der Waals surface area contributed by atoms with E-state index in [1.54, 1.807) is 34.6 Å². The molecule has 1 saturated heterocycles. The highest BCUT2D eigenvalue weighted by Crippen LogP contribution is 2.27. The SMILES string of the molecule is COC(=O)c1ccc2oc(=O)n(C3CCN(C(=O)C(C)Oc4ccccc4)CC3)c2c1. The van der Waals surface area contributed by atoms with Crippen molar-refractivity contribution >= 4 is 23.0 Å².